The van der Waals surface area contributed by atoms with Crippen LogP contribution in [0.15, 0.2) is 22.7 Å². The highest BCUT2D eigenvalue weighted by Crippen LogP contribution is 2.59. The molecule has 40 heavy (non-hydrogen) atoms. The molecule has 11 heteroatoms. The van der Waals surface area contributed by atoms with E-state index < -0.39 is 59.1 Å². The fourth-order valence-electron chi connectivity index (χ4n) is 6.44. The number of carbonyl (C=O) groups is 4. The monoisotopic (exact) mass is 623 g/mol. The van der Waals surface area contributed by atoms with Gasteiger partial charge in [-0.1, -0.05) is 41.9 Å². The number of rotatable bonds is 4. The van der Waals surface area contributed by atoms with Crippen LogP contribution in [-0.4, -0.2) is 93.7 Å². The van der Waals surface area contributed by atoms with Crippen molar-refractivity contribution in [2.45, 2.75) is 96.2 Å². The quantitative estimate of drug-likeness (QED) is 0.363. The van der Waals surface area contributed by atoms with E-state index in [0.717, 1.165) is 0 Å². The number of nitrogens with one attached hydrogen (secondary N) is 1. The lowest BCUT2D eigenvalue weighted by atomic mass is 9.74. The Kier molecular flexibility index (Phi) is 8.88. The lowest BCUT2D eigenvalue weighted by Crippen LogP contribution is -2.61. The molecule has 222 valence electrons. The van der Waals surface area contributed by atoms with Crippen LogP contribution in [0.3, 0.4) is 0 Å². The standard InChI is InChI=1S/C29H42BrN3O7/c1-16(2)12-18(15-34)33-24-26(37)32(28(4,5)6)11-9-7-8-10-20(35)31-14-17(3)39-27(38)21-22(25(33)36)29(24)13-19(30)23(21)40-29/h7,9,13,16-18,21-24,34H,8,10-12,14-15H2,1-6H3,(H,31,35)/b9-7-/t17-,18-,21+,22-,23+,24+,29-/m1/s1. The number of cyclic esters (lactones) is 1. The fourth-order valence-corrected chi connectivity index (χ4v) is 7.17. The summed E-state index contributed by atoms with van der Waals surface area (Å²) in [5.41, 5.74) is -2.02. The summed E-state index contributed by atoms with van der Waals surface area (Å²) in [6, 6.07) is -1.72. The van der Waals surface area contributed by atoms with Gasteiger partial charge in [0.1, 0.15) is 29.8 Å². The number of allylic oxidation sites excluding steroid dienone is 1. The zero-order valence-corrected chi connectivity index (χ0v) is 25.8. The van der Waals surface area contributed by atoms with Crippen molar-refractivity contribution >= 4 is 39.6 Å². The largest absolute Gasteiger partial charge is 0.460 e. The van der Waals surface area contributed by atoms with Crippen LogP contribution in [0.25, 0.3) is 0 Å². The molecule has 0 unspecified atom stereocenters. The molecule has 7 atom stereocenters. The summed E-state index contributed by atoms with van der Waals surface area (Å²) in [5, 5.41) is 13.3. The number of likely N-dealkylation sites (tertiary alicyclic amines) is 1. The predicted octanol–water partition coefficient (Wildman–Crippen LogP) is 2.29. The number of aliphatic hydroxyl groups excluding tert-OH is 1. The van der Waals surface area contributed by atoms with Crippen LogP contribution in [0.1, 0.15) is 60.8 Å². The summed E-state index contributed by atoms with van der Waals surface area (Å²) in [7, 11) is 0. The normalized spacial score (nSPS) is 35.0. The summed E-state index contributed by atoms with van der Waals surface area (Å²) >= 11 is 3.55. The van der Waals surface area contributed by atoms with Gasteiger partial charge in [-0.05, 0) is 52.5 Å². The van der Waals surface area contributed by atoms with Gasteiger partial charge in [-0.25, -0.2) is 0 Å². The van der Waals surface area contributed by atoms with Crippen molar-refractivity contribution in [1.29, 1.82) is 0 Å². The number of aliphatic hydroxyl groups is 1. The third-order valence-corrected chi connectivity index (χ3v) is 8.87. The first kappa shape index (κ1) is 30.7. The van der Waals surface area contributed by atoms with Crippen LogP contribution in [0.2, 0.25) is 0 Å². The molecule has 4 aliphatic heterocycles. The zero-order valence-electron chi connectivity index (χ0n) is 24.2. The maximum atomic E-state index is 14.6. The number of hydrogen-bond acceptors (Lipinski definition) is 7. The van der Waals surface area contributed by atoms with Gasteiger partial charge in [0.2, 0.25) is 17.7 Å². The topological polar surface area (TPSA) is 125 Å². The van der Waals surface area contributed by atoms with Crippen LogP contribution in [-0.2, 0) is 28.7 Å². The smallest absolute Gasteiger partial charge is 0.313 e. The Morgan fingerprint density at radius 2 is 1.88 bits per heavy atom. The van der Waals surface area contributed by atoms with Crippen molar-refractivity contribution in [2.75, 3.05) is 19.7 Å². The van der Waals surface area contributed by atoms with Crippen LogP contribution in [0.5, 0.6) is 0 Å². The van der Waals surface area contributed by atoms with Crippen LogP contribution >= 0.6 is 15.9 Å². The summed E-state index contributed by atoms with van der Waals surface area (Å²) in [6.07, 6.45) is 5.31. The van der Waals surface area contributed by atoms with E-state index in [1.807, 2.05) is 46.8 Å². The highest BCUT2D eigenvalue weighted by atomic mass is 79.9. The molecule has 0 aromatic carbocycles. The third-order valence-electron chi connectivity index (χ3n) is 8.19. The van der Waals surface area contributed by atoms with Crippen LogP contribution in [0.4, 0.5) is 0 Å². The molecule has 0 aromatic rings. The lowest BCUT2D eigenvalue weighted by Gasteiger charge is -2.43. The van der Waals surface area contributed by atoms with E-state index in [0.29, 0.717) is 17.3 Å². The maximum Gasteiger partial charge on any atom is 0.313 e. The maximum absolute atomic E-state index is 14.6. The second-order valence-corrected chi connectivity index (χ2v) is 13.6. The molecule has 0 radical (unpaired) electrons. The van der Waals surface area contributed by atoms with Crippen molar-refractivity contribution in [2.24, 2.45) is 17.8 Å². The van der Waals surface area contributed by atoms with E-state index in [9.17, 15) is 24.3 Å². The third kappa shape index (κ3) is 5.48. The van der Waals surface area contributed by atoms with Gasteiger partial charge in [-0.2, -0.15) is 0 Å². The number of amides is 3. The van der Waals surface area contributed by atoms with Crippen molar-refractivity contribution in [1.82, 2.24) is 15.1 Å². The number of esters is 1. The average molecular weight is 625 g/mol. The van der Waals surface area contributed by atoms with Gasteiger partial charge in [0.25, 0.3) is 0 Å². The minimum absolute atomic E-state index is 0.138. The molecule has 2 saturated heterocycles. The molecule has 2 fully saturated rings. The molecule has 4 heterocycles. The minimum Gasteiger partial charge on any atom is -0.460 e. The van der Waals surface area contributed by atoms with Crippen molar-refractivity contribution < 1.29 is 33.8 Å². The molecule has 4 rings (SSSR count). The summed E-state index contributed by atoms with van der Waals surface area (Å²) in [6.45, 7) is 11.5. The van der Waals surface area contributed by atoms with E-state index in [1.165, 1.54) is 4.90 Å². The second kappa shape index (κ2) is 11.6. The average Bonchev–Trinajstić information content (AvgIpc) is 3.45. The lowest BCUT2D eigenvalue weighted by molar-refractivity contribution is -0.160. The molecular formula is C29H42BrN3O7. The van der Waals surface area contributed by atoms with Gasteiger partial charge in [0.05, 0.1) is 25.1 Å². The van der Waals surface area contributed by atoms with E-state index in [1.54, 1.807) is 17.9 Å². The van der Waals surface area contributed by atoms with Gasteiger partial charge in [0, 0.05) is 23.0 Å². The minimum atomic E-state index is -1.40. The van der Waals surface area contributed by atoms with Crippen LogP contribution in [0, 0.1) is 17.8 Å². The Morgan fingerprint density at radius 3 is 2.50 bits per heavy atom. The number of ether oxygens (including phenoxy) is 2. The fraction of sp³-hybridized carbons (Fsp3) is 0.724. The number of fused-ring (bicyclic) bond motifs is 2. The van der Waals surface area contributed by atoms with Gasteiger partial charge in [-0.3, -0.25) is 19.2 Å². The molecule has 2 N–H and O–H groups in total. The molecule has 3 amide bonds. The summed E-state index contributed by atoms with van der Waals surface area (Å²) < 4.78 is 12.8. The molecule has 0 aromatic heterocycles. The number of carbonyl (C=O) groups excluding carboxylic acids is 4. The summed E-state index contributed by atoms with van der Waals surface area (Å²) in [5.74, 6) is -3.34. The predicted molar refractivity (Wildman–Crippen MR) is 151 cm³/mol. The first-order valence-corrected chi connectivity index (χ1v) is 14.9. The number of hydrogen-bond donors (Lipinski definition) is 2. The number of halogens is 1. The molecule has 0 saturated carbocycles. The van der Waals surface area contributed by atoms with Crippen LogP contribution < -0.4 is 5.32 Å². The van der Waals surface area contributed by atoms with E-state index in [2.05, 4.69) is 21.2 Å². The van der Waals surface area contributed by atoms with E-state index in [4.69, 9.17) is 9.47 Å². The zero-order chi connectivity index (χ0) is 29.6. The molecule has 4 aliphatic rings. The summed E-state index contributed by atoms with van der Waals surface area (Å²) in [4.78, 5) is 58.1. The molecule has 5 bridgehead atoms. The molecule has 10 nitrogen and oxygen atoms in total. The molecule has 0 aliphatic carbocycles. The van der Waals surface area contributed by atoms with E-state index >= 15 is 0 Å². The van der Waals surface area contributed by atoms with Gasteiger partial charge in [0.15, 0.2) is 0 Å². The van der Waals surface area contributed by atoms with Gasteiger partial charge < -0.3 is 29.7 Å². The molecule has 1 spiro atoms. The van der Waals surface area contributed by atoms with Crippen molar-refractivity contribution in [3.63, 3.8) is 0 Å². The van der Waals surface area contributed by atoms with Crippen molar-refractivity contribution in [3.05, 3.63) is 22.7 Å². The van der Waals surface area contributed by atoms with Crippen molar-refractivity contribution in [3.8, 4) is 0 Å². The molecular weight excluding hydrogens is 582 g/mol. The Balaban J connectivity index is 1.86. The first-order valence-electron chi connectivity index (χ1n) is 14.2. The second-order valence-electron chi connectivity index (χ2n) is 12.7. The Labute approximate surface area is 244 Å². The van der Waals surface area contributed by atoms with Gasteiger partial charge >= 0.3 is 5.97 Å². The first-order chi connectivity index (χ1) is 18.7. The Morgan fingerprint density at radius 1 is 1.18 bits per heavy atom. The Hall–Kier alpha value is -2.24. The SMILES string of the molecule is CC(C)C[C@H](CO)N1C(=O)[C@H]2[C@@H]3C(=O)O[C@H](C)CNC(=O)CC/C=C\CN(C(C)(C)C)C(=O)[C@H]1[C@@]21C=C(Br)[C@@H]3O1. The van der Waals surface area contributed by atoms with Gasteiger partial charge in [-0.15, -0.1) is 0 Å². The highest BCUT2D eigenvalue weighted by molar-refractivity contribution is 9.11. The Bertz CT molecular complexity index is 1100. The van der Waals surface area contributed by atoms with E-state index in [-0.39, 0.29) is 43.8 Å². The highest BCUT2D eigenvalue weighted by Gasteiger charge is 2.75. The number of nitrogens with zero attached hydrogens (tertiary/aromatic N) is 2.